The van der Waals surface area contributed by atoms with Crippen molar-refractivity contribution in [3.05, 3.63) is 59.1 Å². The molecule has 0 aromatic heterocycles. The van der Waals surface area contributed by atoms with Crippen molar-refractivity contribution in [1.29, 1.82) is 0 Å². The van der Waals surface area contributed by atoms with Gasteiger partial charge in [0, 0.05) is 18.1 Å². The predicted octanol–water partition coefficient (Wildman–Crippen LogP) is 3.66. The van der Waals surface area contributed by atoms with Gasteiger partial charge in [-0.1, -0.05) is 41.9 Å². The zero-order valence-electron chi connectivity index (χ0n) is 15.1. The highest BCUT2D eigenvalue weighted by atomic mass is 35.5. The second-order valence-corrected chi connectivity index (χ2v) is 6.70. The van der Waals surface area contributed by atoms with Gasteiger partial charge < -0.3 is 20.3 Å². The first-order valence-electron chi connectivity index (χ1n) is 8.82. The lowest BCUT2D eigenvalue weighted by Crippen LogP contribution is -2.47. The Morgan fingerprint density at radius 1 is 1.19 bits per heavy atom. The lowest BCUT2D eigenvalue weighted by molar-refractivity contribution is -0.124. The van der Waals surface area contributed by atoms with Crippen LogP contribution in [0, 0.1) is 0 Å². The van der Waals surface area contributed by atoms with Gasteiger partial charge in [0.25, 0.3) is 0 Å². The molecule has 142 valence electrons. The summed E-state index contributed by atoms with van der Waals surface area (Å²) in [6.07, 6.45) is 1.41. The van der Waals surface area contributed by atoms with E-state index in [4.69, 9.17) is 16.3 Å². The van der Waals surface area contributed by atoms with Crippen molar-refractivity contribution >= 4 is 29.2 Å². The van der Waals surface area contributed by atoms with E-state index in [2.05, 4.69) is 10.6 Å². The summed E-state index contributed by atoms with van der Waals surface area (Å²) in [5, 5.41) is 6.32. The SMILES string of the molecule is COc1ccccc1NC(=O)N1CCC[C@@H]1C(=O)NCc1ccccc1Cl. The van der Waals surface area contributed by atoms with E-state index in [1.54, 1.807) is 30.2 Å². The number of carbonyl (C=O) groups excluding carboxylic acids is 2. The van der Waals surface area contributed by atoms with Gasteiger partial charge in [0.05, 0.1) is 12.8 Å². The molecule has 2 N–H and O–H groups in total. The lowest BCUT2D eigenvalue weighted by Gasteiger charge is -2.24. The molecule has 0 bridgehead atoms. The molecule has 1 aliphatic rings. The number of urea groups is 1. The first-order valence-corrected chi connectivity index (χ1v) is 9.19. The summed E-state index contributed by atoms with van der Waals surface area (Å²) in [4.78, 5) is 26.9. The second kappa shape index (κ2) is 8.77. The van der Waals surface area contributed by atoms with Crippen LogP contribution in [-0.4, -0.2) is 36.5 Å². The Morgan fingerprint density at radius 3 is 2.70 bits per heavy atom. The summed E-state index contributed by atoms with van der Waals surface area (Å²) in [7, 11) is 1.55. The maximum absolute atomic E-state index is 12.7. The van der Waals surface area contributed by atoms with Gasteiger partial charge in [-0.15, -0.1) is 0 Å². The van der Waals surface area contributed by atoms with Crippen molar-refractivity contribution < 1.29 is 14.3 Å². The highest BCUT2D eigenvalue weighted by Crippen LogP contribution is 2.25. The molecular weight excluding hydrogens is 366 g/mol. The maximum atomic E-state index is 12.7. The van der Waals surface area contributed by atoms with Crippen molar-refractivity contribution in [3.63, 3.8) is 0 Å². The predicted molar refractivity (Wildman–Crippen MR) is 105 cm³/mol. The molecule has 0 aliphatic carbocycles. The van der Waals surface area contributed by atoms with Crippen LogP contribution in [0.2, 0.25) is 5.02 Å². The Kier molecular flexibility index (Phi) is 6.19. The molecule has 1 fully saturated rings. The number of para-hydroxylation sites is 2. The Labute approximate surface area is 163 Å². The molecule has 3 rings (SSSR count). The molecule has 27 heavy (non-hydrogen) atoms. The van der Waals surface area contributed by atoms with E-state index in [1.165, 1.54) is 0 Å². The summed E-state index contributed by atoms with van der Waals surface area (Å²) >= 11 is 6.13. The number of amides is 3. The fraction of sp³-hybridized carbons (Fsp3) is 0.300. The van der Waals surface area contributed by atoms with Crippen LogP contribution >= 0.6 is 11.6 Å². The van der Waals surface area contributed by atoms with Gasteiger partial charge in [0.2, 0.25) is 5.91 Å². The molecule has 1 heterocycles. The van der Waals surface area contributed by atoms with Crippen LogP contribution in [-0.2, 0) is 11.3 Å². The number of hydrogen-bond acceptors (Lipinski definition) is 3. The monoisotopic (exact) mass is 387 g/mol. The molecule has 0 unspecified atom stereocenters. The highest BCUT2D eigenvalue weighted by Gasteiger charge is 2.34. The van der Waals surface area contributed by atoms with Crippen molar-refractivity contribution in [2.45, 2.75) is 25.4 Å². The highest BCUT2D eigenvalue weighted by molar-refractivity contribution is 6.31. The van der Waals surface area contributed by atoms with Gasteiger partial charge in [-0.2, -0.15) is 0 Å². The summed E-state index contributed by atoms with van der Waals surface area (Å²) in [5.41, 5.74) is 1.42. The van der Waals surface area contributed by atoms with Crippen LogP contribution in [0.25, 0.3) is 0 Å². The minimum Gasteiger partial charge on any atom is -0.495 e. The van der Waals surface area contributed by atoms with Crippen molar-refractivity contribution in [2.24, 2.45) is 0 Å². The number of anilines is 1. The van der Waals surface area contributed by atoms with Crippen LogP contribution in [0.15, 0.2) is 48.5 Å². The van der Waals surface area contributed by atoms with E-state index < -0.39 is 6.04 Å². The summed E-state index contributed by atoms with van der Waals surface area (Å²) in [6.45, 7) is 0.863. The summed E-state index contributed by atoms with van der Waals surface area (Å²) in [6, 6.07) is 13.7. The van der Waals surface area contributed by atoms with Gasteiger partial charge in [-0.05, 0) is 36.6 Å². The van der Waals surface area contributed by atoms with Crippen molar-refractivity contribution in [2.75, 3.05) is 19.0 Å². The third-order valence-electron chi connectivity index (χ3n) is 4.58. The molecule has 0 saturated carbocycles. The first-order chi connectivity index (χ1) is 13.1. The molecule has 7 heteroatoms. The van der Waals surface area contributed by atoms with E-state index in [-0.39, 0.29) is 11.9 Å². The van der Waals surface area contributed by atoms with Crippen LogP contribution < -0.4 is 15.4 Å². The Bertz CT molecular complexity index is 828. The second-order valence-electron chi connectivity index (χ2n) is 6.29. The molecule has 0 radical (unpaired) electrons. The Balaban J connectivity index is 1.63. The van der Waals surface area contributed by atoms with E-state index in [9.17, 15) is 9.59 Å². The third-order valence-corrected chi connectivity index (χ3v) is 4.94. The lowest BCUT2D eigenvalue weighted by atomic mass is 10.2. The van der Waals surface area contributed by atoms with E-state index >= 15 is 0 Å². The minimum atomic E-state index is -0.498. The number of carbonyl (C=O) groups is 2. The summed E-state index contributed by atoms with van der Waals surface area (Å²) < 4.78 is 5.26. The van der Waals surface area contributed by atoms with Crippen LogP contribution in [0.5, 0.6) is 5.75 Å². The quantitative estimate of drug-likeness (QED) is 0.822. The van der Waals surface area contributed by atoms with Crippen LogP contribution in [0.4, 0.5) is 10.5 Å². The van der Waals surface area contributed by atoms with Gasteiger partial charge in [-0.3, -0.25) is 4.79 Å². The molecule has 2 aromatic carbocycles. The molecule has 0 spiro atoms. The topological polar surface area (TPSA) is 70.7 Å². The number of likely N-dealkylation sites (tertiary alicyclic amines) is 1. The number of benzene rings is 2. The number of nitrogens with zero attached hydrogens (tertiary/aromatic N) is 1. The molecular formula is C20H22ClN3O3. The number of ether oxygens (including phenoxy) is 1. The van der Waals surface area contributed by atoms with Gasteiger partial charge in [-0.25, -0.2) is 4.79 Å². The third kappa shape index (κ3) is 4.52. The van der Waals surface area contributed by atoms with Crippen LogP contribution in [0.3, 0.4) is 0 Å². The van der Waals surface area contributed by atoms with Gasteiger partial charge in [0.1, 0.15) is 11.8 Å². The molecule has 6 nitrogen and oxygen atoms in total. The fourth-order valence-corrected chi connectivity index (χ4v) is 3.36. The maximum Gasteiger partial charge on any atom is 0.322 e. The minimum absolute atomic E-state index is 0.178. The molecule has 2 aromatic rings. The number of methoxy groups -OCH3 is 1. The number of rotatable bonds is 5. The smallest absolute Gasteiger partial charge is 0.322 e. The average Bonchev–Trinajstić information content (AvgIpc) is 3.17. The molecule has 1 aliphatic heterocycles. The largest absolute Gasteiger partial charge is 0.495 e. The van der Waals surface area contributed by atoms with E-state index in [1.807, 2.05) is 30.3 Å². The van der Waals surface area contributed by atoms with E-state index in [0.717, 1.165) is 12.0 Å². The average molecular weight is 388 g/mol. The summed E-state index contributed by atoms with van der Waals surface area (Å²) in [5.74, 6) is 0.396. The zero-order chi connectivity index (χ0) is 19.2. The molecule has 1 atom stereocenters. The Morgan fingerprint density at radius 2 is 1.93 bits per heavy atom. The molecule has 1 saturated heterocycles. The first kappa shape index (κ1) is 19.0. The zero-order valence-corrected chi connectivity index (χ0v) is 15.8. The van der Waals surface area contributed by atoms with Crippen molar-refractivity contribution in [1.82, 2.24) is 10.2 Å². The standard InChI is InChI=1S/C20H22ClN3O3/c1-27-18-11-5-4-9-16(18)23-20(26)24-12-6-10-17(24)19(25)22-13-14-7-2-3-8-15(14)21/h2-5,7-9,11,17H,6,10,12-13H2,1H3,(H,22,25)(H,23,26)/t17-/m1/s1. The normalized spacial score (nSPS) is 16.1. The van der Waals surface area contributed by atoms with Gasteiger partial charge >= 0.3 is 6.03 Å². The van der Waals surface area contributed by atoms with Crippen LogP contribution in [0.1, 0.15) is 18.4 Å². The Hall–Kier alpha value is -2.73. The molecule has 3 amide bonds. The van der Waals surface area contributed by atoms with E-state index in [0.29, 0.717) is 36.0 Å². The number of halogens is 1. The van der Waals surface area contributed by atoms with Crippen molar-refractivity contribution in [3.8, 4) is 5.75 Å². The number of nitrogens with one attached hydrogen (secondary N) is 2. The fourth-order valence-electron chi connectivity index (χ4n) is 3.16. The van der Waals surface area contributed by atoms with Gasteiger partial charge in [0.15, 0.2) is 0 Å². The number of hydrogen-bond donors (Lipinski definition) is 2.